The van der Waals surface area contributed by atoms with Gasteiger partial charge in [0, 0.05) is 12.9 Å². The third-order valence-electron chi connectivity index (χ3n) is 3.73. The molecule has 7 heteroatoms. The van der Waals surface area contributed by atoms with Crippen molar-refractivity contribution in [2.45, 2.75) is 26.9 Å². The van der Waals surface area contributed by atoms with Gasteiger partial charge in [-0.25, -0.2) is 14.2 Å². The number of carboxylic acids is 1. The summed E-state index contributed by atoms with van der Waals surface area (Å²) in [6, 6.07) is 8.75. The number of hydrazone groups is 1. The Bertz CT molecular complexity index is 819. The molecular weight excluding hydrogens is 337 g/mol. The molecule has 0 atom stereocenters. The van der Waals surface area contributed by atoms with Crippen LogP contribution in [0.15, 0.2) is 59.2 Å². The van der Waals surface area contributed by atoms with Gasteiger partial charge in [0.05, 0.1) is 5.56 Å². The monoisotopic (exact) mass is 357 g/mol. The van der Waals surface area contributed by atoms with E-state index in [9.17, 15) is 9.18 Å². The molecule has 1 N–H and O–H groups in total. The number of carbonyl (C=O) groups is 1. The lowest BCUT2D eigenvalue weighted by molar-refractivity contribution is 0.0696. The van der Waals surface area contributed by atoms with E-state index in [2.05, 4.69) is 16.8 Å². The summed E-state index contributed by atoms with van der Waals surface area (Å²) in [6.45, 7) is 7.56. The summed E-state index contributed by atoms with van der Waals surface area (Å²) in [5.74, 6) is -0.704. The van der Waals surface area contributed by atoms with Crippen LogP contribution >= 0.6 is 0 Å². The Kier molecular flexibility index (Phi) is 6.43. The smallest absolute Gasteiger partial charge is 0.335 e. The molecule has 136 valence electrons. The van der Waals surface area contributed by atoms with Crippen LogP contribution in [0, 0.1) is 5.82 Å². The fourth-order valence-electron chi connectivity index (χ4n) is 2.16. The number of allylic oxidation sites excluding steroid dienone is 1. The van der Waals surface area contributed by atoms with Crippen LogP contribution in [0.2, 0.25) is 0 Å². The van der Waals surface area contributed by atoms with Crippen molar-refractivity contribution in [1.29, 1.82) is 0 Å². The Labute approximate surface area is 151 Å². The maximum Gasteiger partial charge on any atom is 0.335 e. The van der Waals surface area contributed by atoms with E-state index < -0.39 is 5.97 Å². The quantitative estimate of drug-likeness (QED) is 0.435. The molecule has 0 radical (unpaired) electrons. The highest BCUT2D eigenvalue weighted by Crippen LogP contribution is 2.24. The standard InChI is InChI=1S/C19H20FN3O3/c1-4-13(2)18(26-12-14-5-7-16(20)8-6-14)23(21-3)17-11-15(19(24)25)9-10-22-17/h5-11H,3-4,12H2,1-2H3,(H,24,25)/b18-13-. The Balaban J connectivity index is 2.32. The fraction of sp³-hybridized carbons (Fsp3) is 0.211. The van der Waals surface area contributed by atoms with Gasteiger partial charge in [-0.15, -0.1) is 0 Å². The predicted octanol–water partition coefficient (Wildman–Crippen LogP) is 4.20. The fourth-order valence-corrected chi connectivity index (χ4v) is 2.16. The second-order valence-corrected chi connectivity index (χ2v) is 5.52. The third-order valence-corrected chi connectivity index (χ3v) is 3.73. The van der Waals surface area contributed by atoms with E-state index in [-0.39, 0.29) is 23.8 Å². The highest BCUT2D eigenvalue weighted by Gasteiger charge is 2.18. The summed E-state index contributed by atoms with van der Waals surface area (Å²) in [5.41, 5.74) is 1.74. The van der Waals surface area contributed by atoms with Gasteiger partial charge in [0.25, 0.3) is 0 Å². The van der Waals surface area contributed by atoms with Gasteiger partial charge in [0.1, 0.15) is 12.4 Å². The van der Waals surface area contributed by atoms with Gasteiger partial charge in [-0.1, -0.05) is 19.1 Å². The van der Waals surface area contributed by atoms with Gasteiger partial charge in [0.2, 0.25) is 5.88 Å². The normalized spacial score (nSPS) is 11.5. The summed E-state index contributed by atoms with van der Waals surface area (Å²) in [4.78, 5) is 15.4. The summed E-state index contributed by atoms with van der Waals surface area (Å²) in [5, 5.41) is 14.5. The van der Waals surface area contributed by atoms with Crippen molar-refractivity contribution >= 4 is 18.5 Å². The van der Waals surface area contributed by atoms with Crippen LogP contribution in [0.1, 0.15) is 36.2 Å². The number of pyridine rings is 1. The van der Waals surface area contributed by atoms with Crippen molar-refractivity contribution < 1.29 is 19.0 Å². The molecule has 0 aliphatic rings. The predicted molar refractivity (Wildman–Crippen MR) is 97.4 cm³/mol. The van der Waals surface area contributed by atoms with Gasteiger partial charge >= 0.3 is 5.97 Å². The molecule has 0 unspecified atom stereocenters. The molecule has 0 amide bonds. The molecular formula is C19H20FN3O3. The molecule has 0 spiro atoms. The average molecular weight is 357 g/mol. The van der Waals surface area contributed by atoms with Crippen LogP contribution in [0.5, 0.6) is 0 Å². The Morgan fingerprint density at radius 2 is 2.04 bits per heavy atom. The van der Waals surface area contributed by atoms with Crippen LogP contribution in [-0.2, 0) is 11.3 Å². The first-order valence-electron chi connectivity index (χ1n) is 7.99. The molecule has 6 nitrogen and oxygen atoms in total. The number of halogens is 1. The molecule has 0 bridgehead atoms. The topological polar surface area (TPSA) is 75.0 Å². The minimum atomic E-state index is -1.07. The second-order valence-electron chi connectivity index (χ2n) is 5.52. The summed E-state index contributed by atoms with van der Waals surface area (Å²) in [7, 11) is 0. The number of hydrogen-bond acceptors (Lipinski definition) is 5. The first kappa shape index (κ1) is 19.1. The maximum absolute atomic E-state index is 13.0. The number of benzene rings is 1. The summed E-state index contributed by atoms with van der Waals surface area (Å²) in [6.07, 6.45) is 2.07. The van der Waals surface area contributed by atoms with Crippen LogP contribution in [0.4, 0.5) is 10.2 Å². The zero-order valence-electron chi connectivity index (χ0n) is 14.6. The van der Waals surface area contributed by atoms with E-state index >= 15 is 0 Å². The number of anilines is 1. The van der Waals surface area contributed by atoms with E-state index in [4.69, 9.17) is 9.84 Å². The van der Waals surface area contributed by atoms with E-state index in [1.54, 1.807) is 12.1 Å². The lowest BCUT2D eigenvalue weighted by Crippen LogP contribution is -2.21. The van der Waals surface area contributed by atoms with E-state index in [0.717, 1.165) is 11.1 Å². The molecule has 0 aliphatic carbocycles. The first-order valence-corrected chi connectivity index (χ1v) is 7.99. The Morgan fingerprint density at radius 1 is 1.35 bits per heavy atom. The highest BCUT2D eigenvalue weighted by molar-refractivity contribution is 5.88. The van der Waals surface area contributed by atoms with E-state index in [0.29, 0.717) is 12.3 Å². The molecule has 1 aromatic carbocycles. The van der Waals surface area contributed by atoms with Crippen molar-refractivity contribution in [2.24, 2.45) is 5.10 Å². The lowest BCUT2D eigenvalue weighted by atomic mass is 10.2. The number of carboxylic acid groups (broad SMARTS) is 1. The van der Waals surface area contributed by atoms with Crippen LogP contribution in [0.25, 0.3) is 0 Å². The van der Waals surface area contributed by atoms with Crippen LogP contribution in [-0.4, -0.2) is 22.8 Å². The zero-order valence-corrected chi connectivity index (χ0v) is 14.6. The molecule has 26 heavy (non-hydrogen) atoms. The minimum Gasteiger partial charge on any atom is -0.478 e. The van der Waals surface area contributed by atoms with Crippen molar-refractivity contribution in [2.75, 3.05) is 5.01 Å². The van der Waals surface area contributed by atoms with E-state index in [1.807, 2.05) is 13.8 Å². The van der Waals surface area contributed by atoms with Crippen LogP contribution < -0.4 is 5.01 Å². The minimum absolute atomic E-state index is 0.0793. The second kappa shape index (κ2) is 8.75. The number of hydrogen-bond donors (Lipinski definition) is 1. The zero-order chi connectivity index (χ0) is 19.1. The summed E-state index contributed by atoms with van der Waals surface area (Å²) >= 11 is 0. The van der Waals surface area contributed by atoms with E-state index in [1.165, 1.54) is 35.5 Å². The van der Waals surface area contributed by atoms with Crippen molar-refractivity contribution in [3.63, 3.8) is 0 Å². The van der Waals surface area contributed by atoms with Gasteiger partial charge in [-0.2, -0.15) is 10.1 Å². The number of aromatic carboxylic acids is 1. The molecule has 2 aromatic rings. The molecule has 0 saturated carbocycles. The highest BCUT2D eigenvalue weighted by atomic mass is 19.1. The van der Waals surface area contributed by atoms with Gasteiger partial charge < -0.3 is 9.84 Å². The molecule has 1 heterocycles. The number of aromatic nitrogens is 1. The lowest BCUT2D eigenvalue weighted by Gasteiger charge is -2.23. The Hall–Kier alpha value is -3.22. The summed E-state index contributed by atoms with van der Waals surface area (Å²) < 4.78 is 18.9. The third kappa shape index (κ3) is 4.66. The Morgan fingerprint density at radius 3 is 2.62 bits per heavy atom. The molecule has 0 fully saturated rings. The molecule has 1 aromatic heterocycles. The van der Waals surface area contributed by atoms with Crippen LogP contribution in [0.3, 0.4) is 0 Å². The SMILES string of the molecule is C=NN(/C(OCc1ccc(F)cc1)=C(\C)CC)c1cc(C(=O)O)ccn1. The molecule has 2 rings (SSSR count). The van der Waals surface area contributed by atoms with Gasteiger partial charge in [-0.05, 0) is 48.7 Å². The van der Waals surface area contributed by atoms with Crippen molar-refractivity contribution in [1.82, 2.24) is 4.98 Å². The number of rotatable bonds is 8. The first-order chi connectivity index (χ1) is 12.5. The number of ether oxygens (including phenoxy) is 1. The van der Waals surface area contributed by atoms with Crippen molar-refractivity contribution in [3.05, 3.63) is 71.0 Å². The number of nitrogens with zero attached hydrogens (tertiary/aromatic N) is 3. The van der Waals surface area contributed by atoms with Crippen molar-refractivity contribution in [3.8, 4) is 0 Å². The average Bonchev–Trinajstić information content (AvgIpc) is 2.66. The van der Waals surface area contributed by atoms with Gasteiger partial charge in [-0.3, -0.25) is 0 Å². The molecule has 0 saturated heterocycles. The molecule has 0 aliphatic heterocycles. The van der Waals surface area contributed by atoms with Gasteiger partial charge in [0.15, 0.2) is 5.82 Å². The maximum atomic E-state index is 13.0. The largest absolute Gasteiger partial charge is 0.478 e.